The van der Waals surface area contributed by atoms with Crippen LogP contribution < -0.4 is 0 Å². The van der Waals surface area contributed by atoms with E-state index in [9.17, 15) is 5.11 Å². The first-order valence-corrected chi connectivity index (χ1v) is 5.68. The summed E-state index contributed by atoms with van der Waals surface area (Å²) in [5.74, 6) is 0.121. The van der Waals surface area contributed by atoms with Gasteiger partial charge in [-0.15, -0.1) is 11.6 Å². The summed E-state index contributed by atoms with van der Waals surface area (Å²) < 4.78 is 0. The van der Waals surface area contributed by atoms with E-state index >= 15 is 0 Å². The summed E-state index contributed by atoms with van der Waals surface area (Å²) in [6.07, 6.45) is 5.10. The highest BCUT2D eigenvalue weighted by Crippen LogP contribution is 2.09. The lowest BCUT2D eigenvalue weighted by molar-refractivity contribution is 0.0267. The van der Waals surface area contributed by atoms with Gasteiger partial charge in [0.1, 0.15) is 0 Å². The van der Waals surface area contributed by atoms with Crippen LogP contribution in [0.15, 0.2) is 0 Å². The maximum atomic E-state index is 9.34. The van der Waals surface area contributed by atoms with E-state index in [1.165, 1.54) is 19.3 Å². The lowest BCUT2D eigenvalue weighted by atomic mass is 10.1. The fourth-order valence-electron chi connectivity index (χ4n) is 1.25. The standard InChI is InChI=1S/C10H21ClO2/c1-2-3-4-5-6-7-9(12)10(13)8-11/h9-10,12-13H,2-8H2,1H3/t9-,10-/m1/s1. The third-order valence-electron chi connectivity index (χ3n) is 2.21. The number of rotatable bonds is 8. The van der Waals surface area contributed by atoms with Crippen molar-refractivity contribution in [2.24, 2.45) is 0 Å². The molecule has 0 aliphatic rings. The fourth-order valence-corrected chi connectivity index (χ4v) is 1.46. The number of halogens is 1. The number of aliphatic hydroxyl groups excluding tert-OH is 2. The third-order valence-corrected chi connectivity index (χ3v) is 2.52. The molecule has 0 radical (unpaired) electrons. The minimum absolute atomic E-state index is 0.121. The van der Waals surface area contributed by atoms with Crippen molar-refractivity contribution in [3.63, 3.8) is 0 Å². The highest BCUT2D eigenvalue weighted by Gasteiger charge is 2.13. The number of aliphatic hydroxyl groups is 2. The second-order valence-electron chi connectivity index (χ2n) is 3.49. The molecule has 2 N–H and O–H groups in total. The molecule has 2 nitrogen and oxygen atoms in total. The summed E-state index contributed by atoms with van der Waals surface area (Å²) >= 11 is 5.40. The largest absolute Gasteiger partial charge is 0.390 e. The van der Waals surface area contributed by atoms with Crippen LogP contribution in [-0.2, 0) is 0 Å². The van der Waals surface area contributed by atoms with Gasteiger partial charge in [0.25, 0.3) is 0 Å². The quantitative estimate of drug-likeness (QED) is 0.475. The van der Waals surface area contributed by atoms with Crippen molar-refractivity contribution in [2.45, 2.75) is 57.7 Å². The normalized spacial score (nSPS) is 15.7. The summed E-state index contributed by atoms with van der Waals surface area (Å²) in [6.45, 7) is 2.17. The van der Waals surface area contributed by atoms with E-state index in [1.807, 2.05) is 0 Å². The van der Waals surface area contributed by atoms with Gasteiger partial charge in [0, 0.05) is 0 Å². The Morgan fingerprint density at radius 1 is 1.00 bits per heavy atom. The topological polar surface area (TPSA) is 40.5 Å². The van der Waals surface area contributed by atoms with Crippen molar-refractivity contribution in [3.05, 3.63) is 0 Å². The molecule has 3 heteroatoms. The first-order chi connectivity index (χ1) is 6.22. The molecule has 0 rings (SSSR count). The van der Waals surface area contributed by atoms with Crippen LogP contribution in [-0.4, -0.2) is 28.3 Å². The van der Waals surface area contributed by atoms with Crippen LogP contribution in [0.1, 0.15) is 45.4 Å². The van der Waals surface area contributed by atoms with Crippen molar-refractivity contribution in [1.29, 1.82) is 0 Å². The molecule has 0 saturated carbocycles. The molecule has 0 saturated heterocycles. The Balaban J connectivity index is 3.21. The Bertz CT molecular complexity index is 109. The van der Waals surface area contributed by atoms with Gasteiger partial charge in [0.15, 0.2) is 0 Å². The molecule has 0 aliphatic carbocycles. The van der Waals surface area contributed by atoms with E-state index in [0.717, 1.165) is 12.8 Å². The summed E-state index contributed by atoms with van der Waals surface area (Å²) in [6, 6.07) is 0. The zero-order valence-corrected chi connectivity index (χ0v) is 9.13. The zero-order valence-electron chi connectivity index (χ0n) is 8.38. The highest BCUT2D eigenvalue weighted by molar-refractivity contribution is 6.18. The summed E-state index contributed by atoms with van der Waals surface area (Å²) in [4.78, 5) is 0. The number of unbranched alkanes of at least 4 members (excludes halogenated alkanes) is 4. The third kappa shape index (κ3) is 7.29. The van der Waals surface area contributed by atoms with Gasteiger partial charge in [-0.05, 0) is 6.42 Å². The molecule has 0 fully saturated rings. The number of alkyl halides is 1. The SMILES string of the molecule is CCCCCCC[C@@H](O)[C@H](O)CCl. The first-order valence-electron chi connectivity index (χ1n) is 5.14. The molecule has 0 aromatic heterocycles. The molecular formula is C10H21ClO2. The average molecular weight is 209 g/mol. The molecule has 0 heterocycles. The van der Waals surface area contributed by atoms with Crippen LogP contribution in [0.2, 0.25) is 0 Å². The van der Waals surface area contributed by atoms with Crippen LogP contribution in [0.25, 0.3) is 0 Å². The molecule has 0 bridgehead atoms. The summed E-state index contributed by atoms with van der Waals surface area (Å²) in [5, 5.41) is 18.5. The Morgan fingerprint density at radius 2 is 1.62 bits per heavy atom. The van der Waals surface area contributed by atoms with Crippen molar-refractivity contribution >= 4 is 11.6 Å². The highest BCUT2D eigenvalue weighted by atomic mass is 35.5. The van der Waals surface area contributed by atoms with E-state index in [4.69, 9.17) is 16.7 Å². The number of hydrogen-bond acceptors (Lipinski definition) is 2. The predicted octanol–water partition coefficient (Wildman–Crippen LogP) is 2.31. The minimum atomic E-state index is -0.757. The van der Waals surface area contributed by atoms with Crippen molar-refractivity contribution in [2.75, 3.05) is 5.88 Å². The molecule has 13 heavy (non-hydrogen) atoms. The fraction of sp³-hybridized carbons (Fsp3) is 1.00. The Kier molecular flexibility index (Phi) is 8.93. The summed E-state index contributed by atoms with van der Waals surface area (Å²) in [5.41, 5.74) is 0. The molecule has 0 unspecified atom stereocenters. The Hall–Kier alpha value is 0.210. The van der Waals surface area contributed by atoms with Crippen LogP contribution in [0.5, 0.6) is 0 Å². The number of hydrogen-bond donors (Lipinski definition) is 2. The van der Waals surface area contributed by atoms with Gasteiger partial charge in [-0.3, -0.25) is 0 Å². The van der Waals surface area contributed by atoms with E-state index in [-0.39, 0.29) is 5.88 Å². The van der Waals surface area contributed by atoms with Gasteiger partial charge in [-0.2, -0.15) is 0 Å². The van der Waals surface area contributed by atoms with Gasteiger partial charge in [0.2, 0.25) is 0 Å². The molecule has 0 amide bonds. The van der Waals surface area contributed by atoms with E-state index in [1.54, 1.807) is 0 Å². The van der Waals surface area contributed by atoms with Gasteiger partial charge in [0.05, 0.1) is 18.1 Å². The van der Waals surface area contributed by atoms with E-state index in [2.05, 4.69) is 6.92 Å². The average Bonchev–Trinajstić information content (AvgIpc) is 2.16. The van der Waals surface area contributed by atoms with Gasteiger partial charge in [-0.1, -0.05) is 39.0 Å². The molecule has 0 spiro atoms. The van der Waals surface area contributed by atoms with Gasteiger partial charge in [-0.25, -0.2) is 0 Å². The Labute approximate surface area is 85.9 Å². The molecular weight excluding hydrogens is 188 g/mol. The second kappa shape index (κ2) is 8.79. The van der Waals surface area contributed by atoms with Crippen molar-refractivity contribution < 1.29 is 10.2 Å². The maximum Gasteiger partial charge on any atom is 0.0933 e. The van der Waals surface area contributed by atoms with Crippen molar-refractivity contribution in [1.82, 2.24) is 0 Å². The van der Waals surface area contributed by atoms with E-state index < -0.39 is 12.2 Å². The molecule has 2 atom stereocenters. The van der Waals surface area contributed by atoms with E-state index in [0.29, 0.717) is 6.42 Å². The Morgan fingerprint density at radius 3 is 2.15 bits per heavy atom. The monoisotopic (exact) mass is 208 g/mol. The van der Waals surface area contributed by atoms with Crippen LogP contribution in [0.3, 0.4) is 0 Å². The van der Waals surface area contributed by atoms with Crippen molar-refractivity contribution in [3.8, 4) is 0 Å². The molecule has 0 aromatic carbocycles. The van der Waals surface area contributed by atoms with Crippen LogP contribution in [0.4, 0.5) is 0 Å². The zero-order chi connectivity index (χ0) is 10.1. The summed E-state index contributed by atoms with van der Waals surface area (Å²) in [7, 11) is 0. The second-order valence-corrected chi connectivity index (χ2v) is 3.80. The maximum absolute atomic E-state index is 9.34. The molecule has 80 valence electrons. The van der Waals surface area contributed by atoms with Crippen LogP contribution >= 0.6 is 11.6 Å². The smallest absolute Gasteiger partial charge is 0.0933 e. The lowest BCUT2D eigenvalue weighted by Gasteiger charge is -2.14. The molecule has 0 aromatic rings. The minimum Gasteiger partial charge on any atom is -0.390 e. The van der Waals surface area contributed by atoms with Crippen LogP contribution in [0, 0.1) is 0 Å². The molecule has 0 aliphatic heterocycles. The lowest BCUT2D eigenvalue weighted by Crippen LogP contribution is -2.27. The predicted molar refractivity (Wildman–Crippen MR) is 56.1 cm³/mol. The first kappa shape index (κ1) is 13.2. The van der Waals surface area contributed by atoms with Gasteiger partial charge < -0.3 is 10.2 Å². The van der Waals surface area contributed by atoms with Gasteiger partial charge >= 0.3 is 0 Å².